The van der Waals surface area contributed by atoms with E-state index in [0.29, 0.717) is 5.02 Å². The second kappa shape index (κ2) is 6.52. The van der Waals surface area contributed by atoms with Gasteiger partial charge in [0.1, 0.15) is 5.82 Å². The highest BCUT2D eigenvalue weighted by molar-refractivity contribution is 9.10. The van der Waals surface area contributed by atoms with Gasteiger partial charge in [0.25, 0.3) is 0 Å². The fourth-order valence-corrected chi connectivity index (χ4v) is 3.00. The summed E-state index contributed by atoms with van der Waals surface area (Å²) in [4.78, 5) is 4.37. The molecule has 4 nitrogen and oxygen atoms in total. The van der Waals surface area contributed by atoms with E-state index in [9.17, 15) is 0 Å². The van der Waals surface area contributed by atoms with Crippen molar-refractivity contribution in [3.63, 3.8) is 0 Å². The summed E-state index contributed by atoms with van der Waals surface area (Å²) in [5, 5.41) is 0.696. The topological polar surface area (TPSA) is 55.9 Å². The number of imidazole rings is 1. The maximum Gasteiger partial charge on any atom is 0.110 e. The standard InChI is InChI=1S/C13H16BrClN4/c1-2-19-6-5-17-13(19)8-12(18-16)10-4-3-9(15)7-11(10)14/h3-7,12,18H,2,8,16H2,1H3. The molecule has 1 atom stereocenters. The molecule has 0 radical (unpaired) electrons. The average Bonchev–Trinajstić information content (AvgIpc) is 2.84. The Bertz CT molecular complexity index is 555. The van der Waals surface area contributed by atoms with Gasteiger partial charge in [0.05, 0.1) is 6.04 Å². The first-order valence-corrected chi connectivity index (χ1v) is 7.24. The molecule has 3 N–H and O–H groups in total. The number of benzene rings is 1. The van der Waals surface area contributed by atoms with Crippen molar-refractivity contribution in [2.24, 2.45) is 5.84 Å². The van der Waals surface area contributed by atoms with Crippen LogP contribution in [0, 0.1) is 0 Å². The maximum atomic E-state index is 5.96. The Kier molecular flexibility index (Phi) is 4.99. The highest BCUT2D eigenvalue weighted by Gasteiger charge is 2.16. The van der Waals surface area contributed by atoms with E-state index in [1.807, 2.05) is 30.6 Å². The predicted octanol–water partition coefficient (Wildman–Crippen LogP) is 3.07. The Morgan fingerprint density at radius 1 is 1.53 bits per heavy atom. The van der Waals surface area contributed by atoms with Crippen LogP contribution in [-0.2, 0) is 13.0 Å². The first kappa shape index (κ1) is 14.5. The van der Waals surface area contributed by atoms with Crippen molar-refractivity contribution >= 4 is 27.5 Å². The predicted molar refractivity (Wildman–Crippen MR) is 80.8 cm³/mol. The average molecular weight is 344 g/mol. The summed E-state index contributed by atoms with van der Waals surface area (Å²) in [6.45, 7) is 2.99. The van der Waals surface area contributed by atoms with E-state index < -0.39 is 0 Å². The molecule has 2 rings (SSSR count). The monoisotopic (exact) mass is 342 g/mol. The minimum absolute atomic E-state index is 0.0145. The molecule has 0 aliphatic rings. The van der Waals surface area contributed by atoms with Crippen LogP contribution in [0.25, 0.3) is 0 Å². The van der Waals surface area contributed by atoms with Crippen molar-refractivity contribution in [3.8, 4) is 0 Å². The molecular formula is C13H16BrClN4. The van der Waals surface area contributed by atoms with Crippen LogP contribution in [0.2, 0.25) is 5.02 Å². The van der Waals surface area contributed by atoms with Gasteiger partial charge in [0.15, 0.2) is 0 Å². The first-order valence-electron chi connectivity index (χ1n) is 6.06. The van der Waals surface area contributed by atoms with Gasteiger partial charge < -0.3 is 4.57 Å². The van der Waals surface area contributed by atoms with Crippen molar-refractivity contribution in [1.29, 1.82) is 0 Å². The van der Waals surface area contributed by atoms with Gasteiger partial charge in [-0.05, 0) is 24.6 Å². The third kappa shape index (κ3) is 3.36. The second-order valence-corrected chi connectivity index (χ2v) is 5.51. The van der Waals surface area contributed by atoms with Crippen molar-refractivity contribution in [1.82, 2.24) is 15.0 Å². The van der Waals surface area contributed by atoms with Crippen LogP contribution in [0.5, 0.6) is 0 Å². The van der Waals surface area contributed by atoms with Crippen LogP contribution in [0.15, 0.2) is 35.1 Å². The molecule has 6 heteroatoms. The Morgan fingerprint density at radius 3 is 2.95 bits per heavy atom. The number of hydrazine groups is 1. The van der Waals surface area contributed by atoms with Gasteiger partial charge in [-0.2, -0.15) is 0 Å². The lowest BCUT2D eigenvalue weighted by molar-refractivity contribution is 0.521. The molecule has 0 amide bonds. The molecule has 2 aromatic rings. The zero-order valence-electron chi connectivity index (χ0n) is 10.6. The minimum atomic E-state index is -0.0145. The van der Waals surface area contributed by atoms with Crippen LogP contribution in [-0.4, -0.2) is 9.55 Å². The van der Waals surface area contributed by atoms with Crippen molar-refractivity contribution in [3.05, 3.63) is 51.5 Å². The summed E-state index contributed by atoms with van der Waals surface area (Å²) in [5.74, 6) is 6.69. The Hall–Kier alpha value is -0.880. The molecule has 0 spiro atoms. The zero-order valence-corrected chi connectivity index (χ0v) is 12.9. The third-order valence-electron chi connectivity index (χ3n) is 3.07. The maximum absolute atomic E-state index is 5.96. The molecule has 0 fully saturated rings. The molecule has 1 aromatic heterocycles. The number of nitrogens with one attached hydrogen (secondary N) is 1. The number of halogens is 2. The lowest BCUT2D eigenvalue weighted by atomic mass is 10.0. The molecule has 0 saturated carbocycles. The highest BCUT2D eigenvalue weighted by Crippen LogP contribution is 2.28. The normalized spacial score (nSPS) is 12.6. The molecule has 0 bridgehead atoms. The van der Waals surface area contributed by atoms with Crippen molar-refractivity contribution in [2.75, 3.05) is 0 Å². The van der Waals surface area contributed by atoms with Gasteiger partial charge in [0, 0.05) is 34.9 Å². The highest BCUT2D eigenvalue weighted by atomic mass is 79.9. The van der Waals surface area contributed by atoms with Crippen LogP contribution in [0.4, 0.5) is 0 Å². The second-order valence-electron chi connectivity index (χ2n) is 4.22. The lowest BCUT2D eigenvalue weighted by Gasteiger charge is -2.18. The summed E-state index contributed by atoms with van der Waals surface area (Å²) in [6, 6.07) is 5.68. The zero-order chi connectivity index (χ0) is 13.8. The molecule has 0 aliphatic heterocycles. The van der Waals surface area contributed by atoms with Crippen molar-refractivity contribution in [2.45, 2.75) is 25.9 Å². The number of hydrogen-bond acceptors (Lipinski definition) is 3. The van der Waals surface area contributed by atoms with E-state index in [2.05, 4.69) is 37.8 Å². The Labute approximate surface area is 126 Å². The molecule has 1 unspecified atom stereocenters. The van der Waals surface area contributed by atoms with E-state index in [1.54, 1.807) is 0 Å². The van der Waals surface area contributed by atoms with E-state index in [4.69, 9.17) is 17.4 Å². The Balaban J connectivity index is 2.25. The SMILES string of the molecule is CCn1ccnc1CC(NN)c1ccc(Cl)cc1Br. The van der Waals surface area contributed by atoms with E-state index >= 15 is 0 Å². The number of nitrogens with two attached hydrogens (primary N) is 1. The fourth-order valence-electron chi connectivity index (χ4n) is 2.04. The summed E-state index contributed by atoms with van der Waals surface area (Å²) in [6.07, 6.45) is 4.50. The molecule has 1 heterocycles. The minimum Gasteiger partial charge on any atom is -0.335 e. The van der Waals surface area contributed by atoms with Gasteiger partial charge >= 0.3 is 0 Å². The van der Waals surface area contributed by atoms with Crippen LogP contribution < -0.4 is 11.3 Å². The van der Waals surface area contributed by atoms with E-state index in [-0.39, 0.29) is 6.04 Å². The van der Waals surface area contributed by atoms with Gasteiger partial charge in [0.2, 0.25) is 0 Å². The molecule has 0 aliphatic carbocycles. The summed E-state index contributed by atoms with van der Waals surface area (Å²) < 4.78 is 3.05. The largest absolute Gasteiger partial charge is 0.335 e. The number of aromatic nitrogens is 2. The van der Waals surface area contributed by atoms with Crippen LogP contribution >= 0.6 is 27.5 Å². The quantitative estimate of drug-likeness (QED) is 0.648. The van der Waals surface area contributed by atoms with Gasteiger partial charge in [-0.25, -0.2) is 4.98 Å². The van der Waals surface area contributed by atoms with Gasteiger partial charge in [-0.1, -0.05) is 33.6 Å². The number of rotatable bonds is 5. The van der Waals surface area contributed by atoms with Crippen molar-refractivity contribution < 1.29 is 0 Å². The smallest absolute Gasteiger partial charge is 0.110 e. The molecule has 0 saturated heterocycles. The van der Waals surface area contributed by atoms with Crippen LogP contribution in [0.3, 0.4) is 0 Å². The molecule has 19 heavy (non-hydrogen) atoms. The third-order valence-corrected chi connectivity index (χ3v) is 3.99. The van der Waals surface area contributed by atoms with Crippen LogP contribution in [0.1, 0.15) is 24.4 Å². The molecular weight excluding hydrogens is 328 g/mol. The first-order chi connectivity index (χ1) is 9.15. The summed E-state index contributed by atoms with van der Waals surface area (Å²) in [5.41, 5.74) is 3.91. The number of hydrogen-bond donors (Lipinski definition) is 2. The lowest BCUT2D eigenvalue weighted by Crippen LogP contribution is -2.30. The number of aryl methyl sites for hydroxylation is 1. The van der Waals surface area contributed by atoms with E-state index in [0.717, 1.165) is 28.8 Å². The van der Waals surface area contributed by atoms with Gasteiger partial charge in [-0.15, -0.1) is 0 Å². The molecule has 102 valence electrons. The Morgan fingerprint density at radius 2 is 2.32 bits per heavy atom. The summed E-state index contributed by atoms with van der Waals surface area (Å²) in [7, 11) is 0. The number of nitrogens with zero attached hydrogens (tertiary/aromatic N) is 2. The summed E-state index contributed by atoms with van der Waals surface area (Å²) >= 11 is 9.48. The van der Waals surface area contributed by atoms with Gasteiger partial charge in [-0.3, -0.25) is 11.3 Å². The van der Waals surface area contributed by atoms with E-state index in [1.165, 1.54) is 0 Å². The fraction of sp³-hybridized carbons (Fsp3) is 0.308. The molecule has 1 aromatic carbocycles.